The van der Waals surface area contributed by atoms with Gasteiger partial charge in [0, 0.05) is 6.42 Å². The molecule has 6 heteroatoms. The first-order chi connectivity index (χ1) is 6.54. The van der Waals surface area contributed by atoms with Crippen LogP contribution in [0.2, 0.25) is 0 Å². The summed E-state index contributed by atoms with van der Waals surface area (Å²) >= 11 is 0. The van der Waals surface area contributed by atoms with E-state index in [9.17, 15) is 14.9 Å². The maximum atomic E-state index is 11.0. The topological polar surface area (TPSA) is 78.0 Å². The van der Waals surface area contributed by atoms with Crippen molar-refractivity contribution in [3.05, 3.63) is 21.9 Å². The summed E-state index contributed by atoms with van der Waals surface area (Å²) in [6, 6.07) is 0. The van der Waals surface area contributed by atoms with E-state index in [1.165, 1.54) is 10.9 Å². The Morgan fingerprint density at radius 1 is 1.71 bits per heavy atom. The van der Waals surface area contributed by atoms with Gasteiger partial charge in [-0.3, -0.25) is 4.79 Å². The molecule has 0 amide bonds. The van der Waals surface area contributed by atoms with Crippen molar-refractivity contribution in [2.24, 2.45) is 0 Å². The van der Waals surface area contributed by atoms with Crippen LogP contribution in [0.1, 0.15) is 18.9 Å². The third kappa shape index (κ3) is 2.15. The van der Waals surface area contributed by atoms with Gasteiger partial charge in [0.2, 0.25) is 0 Å². The predicted octanol–water partition coefficient (Wildman–Crippen LogP) is 1.08. The Hall–Kier alpha value is -1.72. The van der Waals surface area contributed by atoms with E-state index < -0.39 is 4.92 Å². The normalized spacial score (nSPS) is 10.1. The van der Waals surface area contributed by atoms with Gasteiger partial charge in [0.25, 0.3) is 0 Å². The number of aromatic nitrogens is 2. The largest absolute Gasteiger partial charge is 0.392 e. The third-order valence-corrected chi connectivity index (χ3v) is 1.82. The standard InChI is InChI=1S/C8H11N3O3/c1-3-7(12)5-10-4-6(2)8(9-10)11(13)14/h4H,3,5H2,1-2H3. The van der Waals surface area contributed by atoms with Crippen molar-refractivity contribution >= 4 is 11.6 Å². The van der Waals surface area contributed by atoms with E-state index in [4.69, 9.17) is 0 Å². The maximum Gasteiger partial charge on any atom is 0.392 e. The monoisotopic (exact) mass is 197 g/mol. The van der Waals surface area contributed by atoms with Crippen molar-refractivity contribution in [1.82, 2.24) is 9.78 Å². The average Bonchev–Trinajstić information content (AvgIpc) is 2.46. The van der Waals surface area contributed by atoms with Crippen molar-refractivity contribution in [2.75, 3.05) is 0 Å². The Morgan fingerprint density at radius 3 is 2.79 bits per heavy atom. The Balaban J connectivity index is 2.86. The second-order valence-corrected chi connectivity index (χ2v) is 2.98. The Kier molecular flexibility index (Phi) is 2.95. The van der Waals surface area contributed by atoms with Crippen LogP contribution in [-0.2, 0) is 11.3 Å². The molecule has 0 saturated heterocycles. The fraction of sp³-hybridized carbons (Fsp3) is 0.500. The molecule has 0 aromatic carbocycles. The molecule has 14 heavy (non-hydrogen) atoms. The van der Waals surface area contributed by atoms with E-state index in [2.05, 4.69) is 5.10 Å². The molecule has 0 saturated carbocycles. The van der Waals surface area contributed by atoms with E-state index in [-0.39, 0.29) is 18.1 Å². The molecular weight excluding hydrogens is 186 g/mol. The van der Waals surface area contributed by atoms with Crippen LogP contribution in [0.25, 0.3) is 0 Å². The number of aryl methyl sites for hydroxylation is 1. The molecule has 1 heterocycles. The molecule has 0 unspecified atom stereocenters. The molecule has 0 N–H and O–H groups in total. The SMILES string of the molecule is CCC(=O)Cn1cc(C)c([N+](=O)[O-])n1. The van der Waals surface area contributed by atoms with Crippen LogP contribution in [0.5, 0.6) is 0 Å². The highest BCUT2D eigenvalue weighted by atomic mass is 16.6. The third-order valence-electron chi connectivity index (χ3n) is 1.82. The number of carbonyl (C=O) groups excluding carboxylic acids is 1. The van der Waals surface area contributed by atoms with Crippen LogP contribution in [-0.4, -0.2) is 20.5 Å². The Morgan fingerprint density at radius 2 is 2.36 bits per heavy atom. The second-order valence-electron chi connectivity index (χ2n) is 2.98. The molecular formula is C8H11N3O3. The summed E-state index contributed by atoms with van der Waals surface area (Å²) in [6.07, 6.45) is 1.92. The molecule has 76 valence electrons. The summed E-state index contributed by atoms with van der Waals surface area (Å²) in [5, 5.41) is 14.1. The van der Waals surface area contributed by atoms with E-state index in [1.54, 1.807) is 13.8 Å². The van der Waals surface area contributed by atoms with Crippen LogP contribution >= 0.6 is 0 Å². The lowest BCUT2D eigenvalue weighted by Gasteiger charge is -1.91. The number of hydrogen-bond donors (Lipinski definition) is 0. The zero-order chi connectivity index (χ0) is 10.7. The first-order valence-corrected chi connectivity index (χ1v) is 4.24. The van der Waals surface area contributed by atoms with Crippen LogP contribution in [0, 0.1) is 17.0 Å². The zero-order valence-corrected chi connectivity index (χ0v) is 8.06. The molecule has 0 fully saturated rings. The molecule has 1 rings (SSSR count). The lowest BCUT2D eigenvalue weighted by Crippen LogP contribution is -2.09. The smallest absolute Gasteiger partial charge is 0.358 e. The summed E-state index contributed by atoms with van der Waals surface area (Å²) in [7, 11) is 0. The predicted molar refractivity (Wildman–Crippen MR) is 48.9 cm³/mol. The van der Waals surface area contributed by atoms with Gasteiger partial charge >= 0.3 is 5.82 Å². The Labute approximate surface area is 80.7 Å². The van der Waals surface area contributed by atoms with Gasteiger partial charge in [-0.05, 0) is 11.8 Å². The number of carbonyl (C=O) groups is 1. The van der Waals surface area contributed by atoms with Gasteiger partial charge in [-0.2, -0.15) is 4.68 Å². The van der Waals surface area contributed by atoms with Crippen LogP contribution in [0.15, 0.2) is 6.20 Å². The van der Waals surface area contributed by atoms with Crippen LogP contribution < -0.4 is 0 Å². The number of nitrogens with zero attached hydrogens (tertiary/aromatic N) is 3. The van der Waals surface area contributed by atoms with Gasteiger partial charge in [-0.15, -0.1) is 0 Å². The van der Waals surface area contributed by atoms with Gasteiger partial charge in [-0.25, -0.2) is 0 Å². The van der Waals surface area contributed by atoms with Gasteiger partial charge in [0.05, 0.1) is 16.9 Å². The van der Waals surface area contributed by atoms with E-state index in [0.717, 1.165) is 0 Å². The fourth-order valence-electron chi connectivity index (χ4n) is 1.06. The maximum absolute atomic E-state index is 11.0. The fourth-order valence-corrected chi connectivity index (χ4v) is 1.06. The number of Topliss-reactive ketones (excluding diaryl/α,β-unsaturated/α-hetero) is 1. The molecule has 0 atom stereocenters. The molecule has 0 aliphatic heterocycles. The summed E-state index contributed by atoms with van der Waals surface area (Å²) in [5.74, 6) is -0.184. The van der Waals surface area contributed by atoms with E-state index in [1.807, 2.05) is 0 Å². The van der Waals surface area contributed by atoms with Crippen molar-refractivity contribution in [3.8, 4) is 0 Å². The molecule has 6 nitrogen and oxygen atoms in total. The molecule has 1 aromatic rings. The number of rotatable bonds is 4. The van der Waals surface area contributed by atoms with Gasteiger partial charge in [-0.1, -0.05) is 6.92 Å². The Bertz CT molecular complexity index is 370. The first kappa shape index (κ1) is 10.4. The van der Waals surface area contributed by atoms with Crippen molar-refractivity contribution in [3.63, 3.8) is 0 Å². The summed E-state index contributed by atoms with van der Waals surface area (Å²) in [4.78, 5) is 20.9. The quantitative estimate of drug-likeness (QED) is 0.534. The minimum absolute atomic E-state index is 0.00222. The summed E-state index contributed by atoms with van der Waals surface area (Å²) in [6.45, 7) is 3.44. The lowest BCUT2D eigenvalue weighted by atomic mass is 10.3. The number of ketones is 1. The summed E-state index contributed by atoms with van der Waals surface area (Å²) < 4.78 is 1.30. The highest BCUT2D eigenvalue weighted by molar-refractivity contribution is 5.77. The van der Waals surface area contributed by atoms with Crippen molar-refractivity contribution in [2.45, 2.75) is 26.8 Å². The molecule has 0 bridgehead atoms. The molecule has 0 aliphatic carbocycles. The van der Waals surface area contributed by atoms with Gasteiger partial charge in [0.1, 0.15) is 6.54 Å². The molecule has 0 aliphatic rings. The van der Waals surface area contributed by atoms with E-state index in [0.29, 0.717) is 12.0 Å². The second kappa shape index (κ2) is 3.99. The minimum Gasteiger partial charge on any atom is -0.358 e. The van der Waals surface area contributed by atoms with Crippen molar-refractivity contribution < 1.29 is 9.72 Å². The van der Waals surface area contributed by atoms with Crippen LogP contribution in [0.3, 0.4) is 0 Å². The van der Waals surface area contributed by atoms with Crippen molar-refractivity contribution in [1.29, 1.82) is 0 Å². The highest BCUT2D eigenvalue weighted by Gasteiger charge is 2.17. The molecule has 1 aromatic heterocycles. The first-order valence-electron chi connectivity index (χ1n) is 4.24. The van der Waals surface area contributed by atoms with Crippen LogP contribution in [0.4, 0.5) is 5.82 Å². The highest BCUT2D eigenvalue weighted by Crippen LogP contribution is 2.13. The summed E-state index contributed by atoms with van der Waals surface area (Å²) in [5.41, 5.74) is 0.471. The number of nitro groups is 1. The van der Waals surface area contributed by atoms with E-state index >= 15 is 0 Å². The molecule has 0 radical (unpaired) electrons. The lowest BCUT2D eigenvalue weighted by molar-refractivity contribution is -0.390. The molecule has 0 spiro atoms. The zero-order valence-electron chi connectivity index (χ0n) is 8.06. The van der Waals surface area contributed by atoms with Gasteiger partial charge < -0.3 is 10.1 Å². The minimum atomic E-state index is -0.553. The average molecular weight is 197 g/mol. The van der Waals surface area contributed by atoms with Gasteiger partial charge in [0.15, 0.2) is 5.78 Å². The number of hydrogen-bond acceptors (Lipinski definition) is 4.